The second-order valence-corrected chi connectivity index (χ2v) is 8.95. The van der Waals surface area contributed by atoms with Gasteiger partial charge in [0.1, 0.15) is 0 Å². The van der Waals surface area contributed by atoms with Gasteiger partial charge in [-0.1, -0.05) is 97.1 Å². The smallest absolute Gasteiger partial charge is 0.0991 e. The van der Waals surface area contributed by atoms with E-state index in [1.54, 1.807) is 0 Å². The first-order valence-corrected chi connectivity index (χ1v) is 12.3. The number of nitriles is 1. The van der Waals surface area contributed by atoms with Gasteiger partial charge >= 0.3 is 0 Å². The minimum absolute atomic E-state index is 0.668. The lowest BCUT2D eigenvalue weighted by atomic mass is 9.91. The number of hydrogen-bond acceptors (Lipinski definition) is 2. The van der Waals surface area contributed by atoms with Crippen LogP contribution in [0.15, 0.2) is 146 Å². The summed E-state index contributed by atoms with van der Waals surface area (Å²) in [5.41, 5.74) is 8.63. The molecular formula is C35H24N2. The lowest BCUT2D eigenvalue weighted by Gasteiger charge is -2.25. The molecule has 0 fully saturated rings. The van der Waals surface area contributed by atoms with Gasteiger partial charge in [0, 0.05) is 17.1 Å². The van der Waals surface area contributed by atoms with Crippen LogP contribution in [-0.4, -0.2) is 0 Å². The van der Waals surface area contributed by atoms with Crippen LogP contribution < -0.4 is 4.90 Å². The molecule has 0 N–H and O–H groups in total. The predicted molar refractivity (Wildman–Crippen MR) is 154 cm³/mol. The molecule has 2 nitrogen and oxygen atoms in total. The maximum atomic E-state index is 9.22. The van der Waals surface area contributed by atoms with Gasteiger partial charge in [-0.3, -0.25) is 0 Å². The number of anilines is 3. The Morgan fingerprint density at radius 1 is 0.432 bits per heavy atom. The summed E-state index contributed by atoms with van der Waals surface area (Å²) >= 11 is 0. The fraction of sp³-hybridized carbons (Fsp3) is 0. The quantitative estimate of drug-likeness (QED) is 0.250. The lowest BCUT2D eigenvalue weighted by Crippen LogP contribution is -2.09. The van der Waals surface area contributed by atoms with Crippen molar-refractivity contribution in [1.82, 2.24) is 0 Å². The number of hydrogen-bond donors (Lipinski definition) is 0. The van der Waals surface area contributed by atoms with Crippen molar-refractivity contribution < 1.29 is 0 Å². The molecule has 6 aromatic carbocycles. The molecule has 2 heteroatoms. The minimum Gasteiger partial charge on any atom is -0.311 e. The van der Waals surface area contributed by atoms with Crippen LogP contribution in [0.5, 0.6) is 0 Å². The Bertz CT molecular complexity index is 1650. The molecule has 0 spiro atoms. The SMILES string of the molecule is N#Cc1ccc(-c2cccc3cccc(-c4ccc(N(c5ccccc5)c5ccccc5)cc4)c23)cc1. The van der Waals surface area contributed by atoms with E-state index in [0.29, 0.717) is 5.56 Å². The number of fused-ring (bicyclic) bond motifs is 1. The third kappa shape index (κ3) is 4.35. The Hall–Kier alpha value is -5.13. The zero-order valence-corrected chi connectivity index (χ0v) is 20.3. The molecule has 0 saturated carbocycles. The van der Waals surface area contributed by atoms with Crippen LogP contribution in [0.25, 0.3) is 33.0 Å². The highest BCUT2D eigenvalue weighted by Gasteiger charge is 2.14. The van der Waals surface area contributed by atoms with Crippen molar-refractivity contribution >= 4 is 27.8 Å². The molecule has 0 heterocycles. The molecule has 0 unspecified atom stereocenters. The van der Waals surface area contributed by atoms with Crippen molar-refractivity contribution in [2.75, 3.05) is 4.90 Å². The van der Waals surface area contributed by atoms with Gasteiger partial charge in [-0.15, -0.1) is 0 Å². The molecule has 0 aliphatic rings. The standard InChI is InChI=1S/C35H24N2/c36-25-26-17-19-27(20-18-26)33-15-7-9-29-10-8-16-34(35(29)33)28-21-23-32(24-22-28)37(30-11-3-1-4-12-30)31-13-5-2-6-14-31/h1-24H. The van der Waals surface area contributed by atoms with E-state index in [0.717, 1.165) is 33.8 Å². The summed E-state index contributed by atoms with van der Waals surface area (Å²) in [7, 11) is 0. The lowest BCUT2D eigenvalue weighted by molar-refractivity contribution is 1.28. The second kappa shape index (κ2) is 9.85. The maximum absolute atomic E-state index is 9.22. The first kappa shape index (κ1) is 22.3. The Balaban J connectivity index is 1.46. The van der Waals surface area contributed by atoms with E-state index in [1.165, 1.54) is 16.3 Å². The van der Waals surface area contributed by atoms with Gasteiger partial charge in [-0.25, -0.2) is 0 Å². The zero-order chi connectivity index (χ0) is 25.0. The Labute approximate surface area is 217 Å². The third-order valence-corrected chi connectivity index (χ3v) is 6.69. The van der Waals surface area contributed by atoms with Crippen LogP contribution in [0.1, 0.15) is 5.56 Å². The number of benzene rings is 6. The highest BCUT2D eigenvalue weighted by molar-refractivity contribution is 6.06. The van der Waals surface area contributed by atoms with Gasteiger partial charge in [0.15, 0.2) is 0 Å². The van der Waals surface area contributed by atoms with Crippen LogP contribution in [-0.2, 0) is 0 Å². The van der Waals surface area contributed by atoms with E-state index in [9.17, 15) is 5.26 Å². The highest BCUT2D eigenvalue weighted by Crippen LogP contribution is 2.39. The second-order valence-electron chi connectivity index (χ2n) is 8.95. The Morgan fingerprint density at radius 2 is 0.892 bits per heavy atom. The van der Waals surface area contributed by atoms with Gasteiger partial charge in [0.2, 0.25) is 0 Å². The van der Waals surface area contributed by atoms with Crippen molar-refractivity contribution in [2.24, 2.45) is 0 Å². The molecule has 0 bridgehead atoms. The molecule has 0 atom stereocenters. The molecule has 37 heavy (non-hydrogen) atoms. The number of nitrogens with zero attached hydrogens (tertiary/aromatic N) is 2. The van der Waals surface area contributed by atoms with E-state index in [4.69, 9.17) is 0 Å². The summed E-state index contributed by atoms with van der Waals surface area (Å²) in [6.07, 6.45) is 0. The topological polar surface area (TPSA) is 27.0 Å². The van der Waals surface area contributed by atoms with Crippen LogP contribution in [0, 0.1) is 11.3 Å². The molecule has 0 saturated heterocycles. The number of para-hydroxylation sites is 2. The van der Waals surface area contributed by atoms with Crippen molar-refractivity contribution in [3.05, 3.63) is 151 Å². The molecule has 0 aliphatic heterocycles. The van der Waals surface area contributed by atoms with E-state index in [2.05, 4.69) is 120 Å². The molecule has 6 rings (SSSR count). The largest absolute Gasteiger partial charge is 0.311 e. The minimum atomic E-state index is 0.668. The zero-order valence-electron chi connectivity index (χ0n) is 20.3. The van der Waals surface area contributed by atoms with Crippen molar-refractivity contribution in [3.8, 4) is 28.3 Å². The summed E-state index contributed by atoms with van der Waals surface area (Å²) in [6.45, 7) is 0. The van der Waals surface area contributed by atoms with Gasteiger partial charge in [0.25, 0.3) is 0 Å². The van der Waals surface area contributed by atoms with Gasteiger partial charge in [0.05, 0.1) is 11.6 Å². The van der Waals surface area contributed by atoms with Crippen LogP contribution in [0.4, 0.5) is 17.1 Å². The average molecular weight is 473 g/mol. The van der Waals surface area contributed by atoms with E-state index >= 15 is 0 Å². The van der Waals surface area contributed by atoms with Crippen molar-refractivity contribution in [2.45, 2.75) is 0 Å². The summed E-state index contributed by atoms with van der Waals surface area (Å²) < 4.78 is 0. The maximum Gasteiger partial charge on any atom is 0.0991 e. The average Bonchev–Trinajstić information content (AvgIpc) is 2.98. The van der Waals surface area contributed by atoms with E-state index in [1.807, 2.05) is 36.4 Å². The first-order valence-electron chi connectivity index (χ1n) is 12.3. The van der Waals surface area contributed by atoms with Gasteiger partial charge in [-0.05, 0) is 81.6 Å². The summed E-state index contributed by atoms with van der Waals surface area (Å²) in [5, 5.41) is 11.6. The predicted octanol–water partition coefficient (Wildman–Crippen LogP) is 9.52. The normalized spacial score (nSPS) is 10.7. The highest BCUT2D eigenvalue weighted by atomic mass is 15.1. The summed E-state index contributed by atoms with van der Waals surface area (Å²) in [5.74, 6) is 0. The summed E-state index contributed by atoms with van der Waals surface area (Å²) in [6, 6.07) is 52.6. The van der Waals surface area contributed by atoms with Crippen LogP contribution in [0.2, 0.25) is 0 Å². The Morgan fingerprint density at radius 3 is 1.38 bits per heavy atom. The molecule has 0 aliphatic carbocycles. The third-order valence-electron chi connectivity index (χ3n) is 6.69. The fourth-order valence-electron chi connectivity index (χ4n) is 4.94. The Kier molecular flexibility index (Phi) is 5.95. The van der Waals surface area contributed by atoms with Crippen LogP contribution in [0.3, 0.4) is 0 Å². The summed E-state index contributed by atoms with van der Waals surface area (Å²) in [4.78, 5) is 2.27. The molecule has 174 valence electrons. The van der Waals surface area contributed by atoms with Crippen molar-refractivity contribution in [1.29, 1.82) is 5.26 Å². The molecular weight excluding hydrogens is 448 g/mol. The first-order chi connectivity index (χ1) is 18.3. The van der Waals surface area contributed by atoms with E-state index in [-0.39, 0.29) is 0 Å². The fourth-order valence-corrected chi connectivity index (χ4v) is 4.94. The monoisotopic (exact) mass is 472 g/mol. The van der Waals surface area contributed by atoms with E-state index < -0.39 is 0 Å². The molecule has 6 aromatic rings. The van der Waals surface area contributed by atoms with Crippen LogP contribution >= 0.6 is 0 Å². The number of rotatable bonds is 5. The van der Waals surface area contributed by atoms with Crippen molar-refractivity contribution in [3.63, 3.8) is 0 Å². The van der Waals surface area contributed by atoms with Gasteiger partial charge < -0.3 is 4.90 Å². The molecule has 0 radical (unpaired) electrons. The van der Waals surface area contributed by atoms with Gasteiger partial charge in [-0.2, -0.15) is 5.26 Å². The molecule has 0 amide bonds. The molecule has 0 aromatic heterocycles.